The lowest BCUT2D eigenvalue weighted by atomic mass is 9.68. The molecule has 3 fully saturated rings. The number of carbonyl (C=O) groups is 3. The molecule has 7 atom stereocenters. The first-order valence-corrected chi connectivity index (χ1v) is 17.3. The summed E-state index contributed by atoms with van der Waals surface area (Å²) in [5, 5.41) is 3.47. The second kappa shape index (κ2) is 11.5. The molecule has 3 heterocycles. The number of benzene rings is 3. The van der Waals surface area contributed by atoms with Gasteiger partial charge in [-0.05, 0) is 72.7 Å². The fourth-order valence-electron chi connectivity index (χ4n) is 8.20. The number of alkyl halides is 3. The number of fused-ring (bicyclic) bond motifs is 9. The predicted octanol–water partition coefficient (Wildman–Crippen LogP) is 6.80. The van der Waals surface area contributed by atoms with Crippen molar-refractivity contribution in [2.24, 2.45) is 29.6 Å². The van der Waals surface area contributed by atoms with Gasteiger partial charge in [0.25, 0.3) is 5.91 Å². The third-order valence-electron chi connectivity index (χ3n) is 9.88. The Labute approximate surface area is 284 Å². The summed E-state index contributed by atoms with van der Waals surface area (Å²) < 4.78 is 45.6. The van der Waals surface area contributed by atoms with Crippen LogP contribution in [-0.2, 0) is 20.6 Å². The smallest absolute Gasteiger partial charge is 0.416 e. The first-order chi connectivity index (χ1) is 23.0. The van der Waals surface area contributed by atoms with E-state index in [1.54, 1.807) is 54.2 Å². The average Bonchev–Trinajstić information content (AvgIpc) is 3.79. The maximum absolute atomic E-state index is 14.0. The van der Waals surface area contributed by atoms with Crippen molar-refractivity contribution in [3.8, 4) is 5.75 Å². The standard InChI is InChI=1S/C34H25ClF3N3O5S2/c35-16-9-10-22(46-14-23(42)39-17-6-4-5-15(11-17)34(36,37)38)19(12-16)24-25-20-13-21(28(25)47-30-29(24)48-33(45)40-30)27-26(20)31(43)41(32(27)44)18-7-2-1-3-8-18/h1-12,20-21,24-28H,13-14H2,(H,39,42)(H,40,45)/t20-,21-,24-,25?,26?,27?,28?/m1/s1. The van der Waals surface area contributed by atoms with Crippen LogP contribution in [0.5, 0.6) is 5.75 Å². The van der Waals surface area contributed by atoms with Gasteiger partial charge in [0.2, 0.25) is 11.8 Å². The molecule has 2 bridgehead atoms. The summed E-state index contributed by atoms with van der Waals surface area (Å²) in [6.07, 6.45) is -3.88. The van der Waals surface area contributed by atoms with E-state index >= 15 is 0 Å². The van der Waals surface area contributed by atoms with Crippen molar-refractivity contribution in [1.29, 1.82) is 0 Å². The quantitative estimate of drug-likeness (QED) is 0.213. The van der Waals surface area contributed by atoms with Gasteiger partial charge >= 0.3 is 11.0 Å². The maximum Gasteiger partial charge on any atom is 0.416 e. The molecular formula is C34H25ClF3N3O5S2. The van der Waals surface area contributed by atoms with Crippen molar-refractivity contribution in [2.75, 3.05) is 16.8 Å². The van der Waals surface area contributed by atoms with Gasteiger partial charge in [-0.3, -0.25) is 24.1 Å². The van der Waals surface area contributed by atoms with Crippen LogP contribution in [0.15, 0.2) is 82.6 Å². The van der Waals surface area contributed by atoms with Crippen molar-refractivity contribution in [1.82, 2.24) is 4.98 Å². The zero-order valence-electron chi connectivity index (χ0n) is 24.7. The predicted molar refractivity (Wildman–Crippen MR) is 174 cm³/mol. The van der Waals surface area contributed by atoms with E-state index in [9.17, 15) is 32.3 Å². The SMILES string of the molecule is O=C(COc1ccc(Cl)cc1[C@H]1c2sc(=O)[nH]c2SC2C1[C@H]1C[C@@H]2C2C(=O)N(c3ccccc3)C(=O)C21)Nc1cccc(C(F)(F)F)c1. The molecule has 1 aromatic heterocycles. The summed E-state index contributed by atoms with van der Waals surface area (Å²) in [4.78, 5) is 58.2. The molecule has 4 unspecified atom stereocenters. The number of para-hydroxylation sites is 1. The van der Waals surface area contributed by atoms with Gasteiger partial charge in [-0.2, -0.15) is 13.2 Å². The third-order valence-corrected chi connectivity index (χ3v) is 12.7. The van der Waals surface area contributed by atoms with Crippen LogP contribution in [0.2, 0.25) is 5.02 Å². The number of carbonyl (C=O) groups excluding carboxylic acids is 3. The number of H-pyrrole nitrogens is 1. The van der Waals surface area contributed by atoms with Crippen LogP contribution in [0.25, 0.3) is 0 Å². The van der Waals surface area contributed by atoms with Crippen LogP contribution in [0.1, 0.15) is 28.3 Å². The van der Waals surface area contributed by atoms with Gasteiger partial charge in [-0.15, -0.1) is 11.8 Å². The van der Waals surface area contributed by atoms with Crippen molar-refractivity contribution in [2.45, 2.75) is 28.8 Å². The number of nitrogens with zero attached hydrogens (tertiary/aromatic N) is 1. The Hall–Kier alpha value is -4.07. The lowest BCUT2D eigenvalue weighted by Crippen LogP contribution is -2.42. The second-order valence-corrected chi connectivity index (χ2v) is 15.0. The van der Waals surface area contributed by atoms with E-state index in [0.717, 1.165) is 28.3 Å². The zero-order chi connectivity index (χ0) is 33.5. The molecule has 48 heavy (non-hydrogen) atoms. The van der Waals surface area contributed by atoms with Crippen LogP contribution >= 0.6 is 34.7 Å². The summed E-state index contributed by atoms with van der Waals surface area (Å²) in [5.41, 5.74) is 0.253. The van der Waals surface area contributed by atoms with E-state index in [2.05, 4.69) is 10.3 Å². The van der Waals surface area contributed by atoms with Gasteiger partial charge in [-0.25, -0.2) is 0 Å². The molecule has 3 aromatic carbocycles. The molecule has 2 N–H and O–H groups in total. The molecule has 8 nitrogen and oxygen atoms in total. The molecule has 2 aliphatic carbocycles. The topological polar surface area (TPSA) is 109 Å². The number of thiazole rings is 1. The summed E-state index contributed by atoms with van der Waals surface area (Å²) >= 11 is 9.15. The highest BCUT2D eigenvalue weighted by Gasteiger charge is 2.69. The van der Waals surface area contributed by atoms with E-state index in [1.807, 2.05) is 6.07 Å². The first-order valence-electron chi connectivity index (χ1n) is 15.2. The molecule has 0 spiro atoms. The van der Waals surface area contributed by atoms with E-state index in [-0.39, 0.29) is 45.4 Å². The number of aromatic nitrogens is 1. The molecule has 246 valence electrons. The molecule has 14 heteroatoms. The van der Waals surface area contributed by atoms with E-state index < -0.39 is 42.0 Å². The van der Waals surface area contributed by atoms with Crippen molar-refractivity contribution < 1.29 is 32.3 Å². The number of hydrogen-bond acceptors (Lipinski definition) is 7. The highest BCUT2D eigenvalue weighted by Crippen LogP contribution is 2.69. The summed E-state index contributed by atoms with van der Waals surface area (Å²) in [5.74, 6) is -2.55. The summed E-state index contributed by atoms with van der Waals surface area (Å²) in [7, 11) is 0. The molecule has 3 amide bonds. The minimum atomic E-state index is -4.57. The minimum absolute atomic E-state index is 0.0273. The van der Waals surface area contributed by atoms with Crippen LogP contribution in [0.4, 0.5) is 24.5 Å². The number of hydrogen-bond donors (Lipinski definition) is 2. The monoisotopic (exact) mass is 711 g/mol. The molecule has 1 saturated heterocycles. The Bertz CT molecular complexity index is 2040. The van der Waals surface area contributed by atoms with Crippen LogP contribution < -0.4 is 19.8 Å². The van der Waals surface area contributed by atoms with Crippen LogP contribution in [0.3, 0.4) is 0 Å². The highest BCUT2D eigenvalue weighted by atomic mass is 35.5. The molecule has 8 rings (SSSR count). The number of halogens is 4. The fraction of sp³-hybridized carbons (Fsp3) is 0.294. The normalized spacial score (nSPS) is 27.1. The van der Waals surface area contributed by atoms with Gasteiger partial charge in [0.05, 0.1) is 28.1 Å². The number of amides is 3. The molecule has 2 aliphatic heterocycles. The Morgan fingerprint density at radius 2 is 1.73 bits per heavy atom. The van der Waals surface area contributed by atoms with Gasteiger partial charge < -0.3 is 15.0 Å². The molecule has 4 aromatic rings. The minimum Gasteiger partial charge on any atom is -0.483 e. The molecular weight excluding hydrogens is 687 g/mol. The van der Waals surface area contributed by atoms with Gasteiger partial charge in [0.15, 0.2) is 6.61 Å². The lowest BCUT2D eigenvalue weighted by Gasteiger charge is -2.43. The Balaban J connectivity index is 1.12. The summed E-state index contributed by atoms with van der Waals surface area (Å²) in [6.45, 7) is -0.507. The highest BCUT2D eigenvalue weighted by molar-refractivity contribution is 8.00. The second-order valence-electron chi connectivity index (χ2n) is 12.4. The van der Waals surface area contributed by atoms with E-state index in [1.165, 1.54) is 17.0 Å². The zero-order valence-corrected chi connectivity index (χ0v) is 27.1. The number of rotatable bonds is 6. The number of nitrogens with one attached hydrogen (secondary N) is 2. The van der Waals surface area contributed by atoms with E-state index in [0.29, 0.717) is 33.5 Å². The average molecular weight is 712 g/mol. The largest absolute Gasteiger partial charge is 0.483 e. The Morgan fingerprint density at radius 3 is 2.48 bits per heavy atom. The maximum atomic E-state index is 14.0. The van der Waals surface area contributed by atoms with Crippen LogP contribution in [0, 0.1) is 29.6 Å². The lowest BCUT2D eigenvalue weighted by molar-refractivity contribution is -0.137. The number of thioether (sulfide) groups is 1. The van der Waals surface area contributed by atoms with Gasteiger partial charge in [-0.1, -0.05) is 47.2 Å². The van der Waals surface area contributed by atoms with Crippen molar-refractivity contribution >= 4 is 63.8 Å². The number of anilines is 2. The van der Waals surface area contributed by atoms with E-state index in [4.69, 9.17) is 16.3 Å². The van der Waals surface area contributed by atoms with Crippen molar-refractivity contribution in [3.63, 3.8) is 0 Å². The van der Waals surface area contributed by atoms with Gasteiger partial charge in [0.1, 0.15) is 5.75 Å². The third kappa shape index (κ3) is 5.05. The molecule has 2 saturated carbocycles. The Kier molecular flexibility index (Phi) is 7.49. The van der Waals surface area contributed by atoms with Crippen molar-refractivity contribution in [3.05, 3.63) is 103 Å². The number of ether oxygens (including phenoxy) is 1. The van der Waals surface area contributed by atoms with Crippen LogP contribution in [-0.4, -0.2) is 34.6 Å². The van der Waals surface area contributed by atoms with Gasteiger partial charge in [0, 0.05) is 32.3 Å². The molecule has 0 radical (unpaired) electrons. The summed E-state index contributed by atoms with van der Waals surface area (Å²) in [6, 6.07) is 18.2. The number of imide groups is 1. The first kappa shape index (κ1) is 31.2. The number of aromatic amines is 1. The molecule has 4 aliphatic rings. The Morgan fingerprint density at radius 1 is 0.979 bits per heavy atom. The fourth-order valence-corrected chi connectivity index (χ4v) is 11.3.